The Morgan fingerprint density at radius 3 is 1.74 bits per heavy atom. The minimum absolute atomic E-state index is 0.0248. The van der Waals surface area contributed by atoms with Crippen LogP contribution < -0.4 is 0 Å². The SMILES string of the molecule is CCCCCCCC/C=C\CCC1OC1CCC1OC1CCCCCCCCCCCCC1=C[C@H](C)OC1=O. The van der Waals surface area contributed by atoms with E-state index in [-0.39, 0.29) is 12.1 Å². The molecule has 0 aromatic rings. The first-order chi connectivity index (χ1) is 19.2. The Morgan fingerprint density at radius 1 is 0.615 bits per heavy atom. The van der Waals surface area contributed by atoms with Crippen molar-refractivity contribution in [3.05, 3.63) is 23.8 Å². The van der Waals surface area contributed by atoms with E-state index in [1.54, 1.807) is 0 Å². The Bertz CT molecular complexity index is 713. The second kappa shape index (κ2) is 19.9. The van der Waals surface area contributed by atoms with Gasteiger partial charge in [0.25, 0.3) is 0 Å². The molecule has 4 unspecified atom stereocenters. The zero-order valence-corrected chi connectivity index (χ0v) is 25.5. The third-order valence-corrected chi connectivity index (χ3v) is 8.80. The quantitative estimate of drug-likeness (QED) is 0.0470. The Kier molecular flexibility index (Phi) is 16.5. The zero-order chi connectivity index (χ0) is 27.5. The second-order valence-electron chi connectivity index (χ2n) is 12.5. The molecule has 3 aliphatic heterocycles. The lowest BCUT2D eigenvalue weighted by molar-refractivity contribution is -0.139. The number of rotatable bonds is 26. The van der Waals surface area contributed by atoms with Crippen molar-refractivity contribution in [1.29, 1.82) is 0 Å². The molecule has 224 valence electrons. The van der Waals surface area contributed by atoms with E-state index in [4.69, 9.17) is 14.2 Å². The Hall–Kier alpha value is -1.13. The molecular formula is C35H60O4. The maximum atomic E-state index is 11.6. The number of esters is 1. The van der Waals surface area contributed by atoms with Crippen LogP contribution in [0.15, 0.2) is 23.8 Å². The average Bonchev–Trinajstić information content (AvgIpc) is 3.83. The highest BCUT2D eigenvalue weighted by Gasteiger charge is 2.42. The summed E-state index contributed by atoms with van der Waals surface area (Å²) in [5.74, 6) is -0.0969. The van der Waals surface area contributed by atoms with Crippen molar-refractivity contribution >= 4 is 5.97 Å². The highest BCUT2D eigenvalue weighted by atomic mass is 16.6. The van der Waals surface area contributed by atoms with E-state index in [0.717, 1.165) is 18.4 Å². The lowest BCUT2D eigenvalue weighted by Gasteiger charge is -2.03. The maximum Gasteiger partial charge on any atom is 0.334 e. The maximum absolute atomic E-state index is 11.6. The van der Waals surface area contributed by atoms with Crippen molar-refractivity contribution in [3.8, 4) is 0 Å². The zero-order valence-electron chi connectivity index (χ0n) is 25.5. The van der Waals surface area contributed by atoms with E-state index < -0.39 is 0 Å². The van der Waals surface area contributed by atoms with Gasteiger partial charge in [0.15, 0.2) is 0 Å². The van der Waals surface area contributed by atoms with E-state index in [9.17, 15) is 4.79 Å². The highest BCUT2D eigenvalue weighted by Crippen LogP contribution is 2.36. The molecule has 0 amide bonds. The van der Waals surface area contributed by atoms with Crippen LogP contribution >= 0.6 is 0 Å². The van der Waals surface area contributed by atoms with Gasteiger partial charge in [0.05, 0.1) is 24.4 Å². The predicted octanol–water partition coefficient (Wildman–Crippen LogP) is 9.94. The fourth-order valence-electron chi connectivity index (χ4n) is 6.13. The van der Waals surface area contributed by atoms with E-state index >= 15 is 0 Å². The summed E-state index contributed by atoms with van der Waals surface area (Å²) in [4.78, 5) is 11.6. The Balaban J connectivity index is 1.00. The molecule has 0 saturated carbocycles. The number of epoxide rings is 2. The first-order valence-corrected chi connectivity index (χ1v) is 17.0. The summed E-state index contributed by atoms with van der Waals surface area (Å²) in [5, 5.41) is 0. The van der Waals surface area contributed by atoms with Gasteiger partial charge >= 0.3 is 5.97 Å². The molecule has 0 radical (unpaired) electrons. The van der Waals surface area contributed by atoms with Gasteiger partial charge in [0.2, 0.25) is 0 Å². The second-order valence-corrected chi connectivity index (χ2v) is 12.5. The fourth-order valence-corrected chi connectivity index (χ4v) is 6.13. The predicted molar refractivity (Wildman–Crippen MR) is 162 cm³/mol. The number of hydrogen-bond acceptors (Lipinski definition) is 4. The minimum Gasteiger partial charge on any atom is -0.455 e. The van der Waals surface area contributed by atoms with Crippen LogP contribution in [0.25, 0.3) is 0 Å². The Labute approximate surface area is 240 Å². The third kappa shape index (κ3) is 14.9. The molecule has 0 aliphatic carbocycles. The summed E-state index contributed by atoms with van der Waals surface area (Å²) in [5.41, 5.74) is 0.892. The molecule has 0 aromatic heterocycles. The van der Waals surface area contributed by atoms with Crippen LogP contribution in [0.4, 0.5) is 0 Å². The van der Waals surface area contributed by atoms with Crippen LogP contribution in [-0.2, 0) is 19.0 Å². The van der Waals surface area contributed by atoms with Gasteiger partial charge in [-0.25, -0.2) is 4.79 Å². The van der Waals surface area contributed by atoms with Crippen LogP contribution in [0.1, 0.15) is 162 Å². The van der Waals surface area contributed by atoms with Gasteiger partial charge in [-0.05, 0) is 70.8 Å². The number of unbranched alkanes of at least 4 members (excludes halogenated alkanes) is 15. The number of ether oxygens (including phenoxy) is 3. The van der Waals surface area contributed by atoms with Crippen LogP contribution in [0.3, 0.4) is 0 Å². The van der Waals surface area contributed by atoms with Crippen LogP contribution in [0, 0.1) is 0 Å². The topological polar surface area (TPSA) is 51.4 Å². The standard InChI is InChI=1S/C35H60O4/c1-3-4-5-6-7-8-12-15-18-21-24-31-33(38-31)26-27-34-32(39-34)25-22-19-16-13-10-9-11-14-17-20-23-30-28-29(2)37-35(30)36/h15,18,28-29,31-34H,3-14,16-17,19-27H2,1-2H3/b18-15-/t29-,31?,32?,33?,34?/m0/s1. The lowest BCUT2D eigenvalue weighted by Crippen LogP contribution is -2.03. The summed E-state index contributed by atoms with van der Waals surface area (Å²) in [7, 11) is 0. The van der Waals surface area contributed by atoms with Crippen molar-refractivity contribution in [1.82, 2.24) is 0 Å². The molecule has 0 spiro atoms. The molecule has 39 heavy (non-hydrogen) atoms. The molecule has 3 aliphatic rings. The van der Waals surface area contributed by atoms with Gasteiger partial charge < -0.3 is 14.2 Å². The Morgan fingerprint density at radius 2 is 1.13 bits per heavy atom. The molecule has 0 bridgehead atoms. The van der Waals surface area contributed by atoms with Crippen molar-refractivity contribution < 1.29 is 19.0 Å². The van der Waals surface area contributed by atoms with Gasteiger partial charge in [0, 0.05) is 5.57 Å². The summed E-state index contributed by atoms with van der Waals surface area (Å²) in [6.07, 6.45) is 38.4. The molecule has 5 atom stereocenters. The van der Waals surface area contributed by atoms with E-state index in [2.05, 4.69) is 19.1 Å². The van der Waals surface area contributed by atoms with Gasteiger partial charge in [-0.1, -0.05) is 109 Å². The fraction of sp³-hybridized carbons (Fsp3) is 0.857. The van der Waals surface area contributed by atoms with Crippen molar-refractivity contribution in [2.45, 2.75) is 192 Å². The van der Waals surface area contributed by atoms with Crippen LogP contribution in [0.5, 0.6) is 0 Å². The number of carbonyl (C=O) groups is 1. The molecule has 4 nitrogen and oxygen atoms in total. The van der Waals surface area contributed by atoms with Crippen molar-refractivity contribution in [2.75, 3.05) is 0 Å². The van der Waals surface area contributed by atoms with E-state index in [1.807, 2.05) is 13.0 Å². The molecule has 0 N–H and O–H groups in total. The highest BCUT2D eigenvalue weighted by molar-refractivity contribution is 5.90. The van der Waals surface area contributed by atoms with Crippen LogP contribution in [0.2, 0.25) is 0 Å². The van der Waals surface area contributed by atoms with E-state index in [0.29, 0.717) is 24.4 Å². The number of hydrogen-bond donors (Lipinski definition) is 0. The van der Waals surface area contributed by atoms with Gasteiger partial charge in [-0.2, -0.15) is 0 Å². The lowest BCUT2D eigenvalue weighted by atomic mass is 10.0. The molecule has 2 fully saturated rings. The molecule has 4 heteroatoms. The van der Waals surface area contributed by atoms with Gasteiger partial charge in [-0.15, -0.1) is 0 Å². The first kappa shape index (κ1) is 32.4. The molecule has 3 rings (SSSR count). The number of carbonyl (C=O) groups excluding carboxylic acids is 1. The number of cyclic esters (lactones) is 1. The summed E-state index contributed by atoms with van der Waals surface area (Å²) in [6, 6.07) is 0. The largest absolute Gasteiger partial charge is 0.455 e. The third-order valence-electron chi connectivity index (χ3n) is 8.80. The van der Waals surface area contributed by atoms with Crippen LogP contribution in [-0.4, -0.2) is 36.5 Å². The minimum atomic E-state index is -0.0969. The van der Waals surface area contributed by atoms with Crippen molar-refractivity contribution in [3.63, 3.8) is 0 Å². The molecule has 3 heterocycles. The average molecular weight is 545 g/mol. The van der Waals surface area contributed by atoms with Gasteiger partial charge in [-0.3, -0.25) is 0 Å². The number of allylic oxidation sites excluding steroid dienone is 2. The monoisotopic (exact) mass is 544 g/mol. The smallest absolute Gasteiger partial charge is 0.334 e. The summed E-state index contributed by atoms with van der Waals surface area (Å²) in [6.45, 7) is 4.21. The van der Waals surface area contributed by atoms with E-state index in [1.165, 1.54) is 135 Å². The normalized spacial score (nSPS) is 25.8. The first-order valence-electron chi connectivity index (χ1n) is 17.0. The van der Waals surface area contributed by atoms with Crippen molar-refractivity contribution in [2.24, 2.45) is 0 Å². The summed E-state index contributed by atoms with van der Waals surface area (Å²) >= 11 is 0. The molecular weight excluding hydrogens is 484 g/mol. The molecule has 0 aromatic carbocycles. The molecule has 2 saturated heterocycles. The van der Waals surface area contributed by atoms with Gasteiger partial charge in [0.1, 0.15) is 6.10 Å². The summed E-state index contributed by atoms with van der Waals surface area (Å²) < 4.78 is 17.0.